The topological polar surface area (TPSA) is 56.8 Å². The number of hydrogen-bond acceptors (Lipinski definition) is 4. The van der Waals surface area contributed by atoms with Crippen molar-refractivity contribution in [3.05, 3.63) is 53.6 Å². The molecule has 5 heteroatoms. The maximum Gasteiger partial charge on any atom is 0.231 e. The molecule has 7 rings (SSSR count). The van der Waals surface area contributed by atoms with Gasteiger partial charge in [0.05, 0.1) is 12.5 Å². The van der Waals surface area contributed by atoms with Crippen LogP contribution in [0.3, 0.4) is 0 Å². The van der Waals surface area contributed by atoms with E-state index in [2.05, 4.69) is 29.6 Å². The zero-order chi connectivity index (χ0) is 21.1. The minimum atomic E-state index is -0.236. The molecule has 1 heterocycles. The fourth-order valence-electron chi connectivity index (χ4n) is 7.23. The first kappa shape index (κ1) is 19.0. The average Bonchev–Trinajstić information content (AvgIpc) is 3.24. The van der Waals surface area contributed by atoms with Gasteiger partial charge in [-0.15, -0.1) is 0 Å². The molecule has 0 saturated heterocycles. The second-order valence-corrected chi connectivity index (χ2v) is 10.1. The van der Waals surface area contributed by atoms with Gasteiger partial charge >= 0.3 is 0 Å². The molecule has 2 unspecified atom stereocenters. The fraction of sp³-hybridized carbons (Fsp3) is 0.500. The Morgan fingerprint density at radius 2 is 1.77 bits per heavy atom. The standard InChI is InChI=1S/C26H29NO4/c1-29-21-5-3-20(4-6-21)25-10-18-8-19(11-25)13-26(12-18,15-25)24(28)27-14-17-2-7-22-23(9-17)31-16-30-22/h2-7,9,18-19H,8,10-16H2,1H3,(H,27,28)/t18-,19+,25?,26?. The normalized spacial score (nSPS) is 32.2. The van der Waals surface area contributed by atoms with E-state index < -0.39 is 0 Å². The molecule has 1 aliphatic heterocycles. The minimum absolute atomic E-state index is 0.131. The lowest BCUT2D eigenvalue weighted by atomic mass is 9.42. The highest BCUT2D eigenvalue weighted by Crippen LogP contribution is 2.65. The maximum atomic E-state index is 13.6. The van der Waals surface area contributed by atoms with E-state index >= 15 is 0 Å². The molecule has 4 bridgehead atoms. The van der Waals surface area contributed by atoms with Crippen LogP contribution in [0.1, 0.15) is 49.7 Å². The molecule has 31 heavy (non-hydrogen) atoms. The summed E-state index contributed by atoms with van der Waals surface area (Å²) in [5.41, 5.74) is 2.33. The van der Waals surface area contributed by atoms with Crippen molar-refractivity contribution in [1.29, 1.82) is 0 Å². The SMILES string of the molecule is COc1ccc(C23C[C@@H]4C[C@@H](CC(C(=O)NCc5ccc6c(c5)OCO6)(C4)C2)C3)cc1. The number of nitrogens with one attached hydrogen (secondary N) is 1. The molecule has 0 spiro atoms. The predicted molar refractivity (Wildman–Crippen MR) is 116 cm³/mol. The summed E-state index contributed by atoms with van der Waals surface area (Å²) in [6.07, 6.45) is 6.75. The van der Waals surface area contributed by atoms with E-state index in [-0.39, 0.29) is 23.5 Å². The van der Waals surface area contributed by atoms with Crippen LogP contribution < -0.4 is 19.5 Å². The lowest BCUT2D eigenvalue weighted by Gasteiger charge is -2.61. The van der Waals surface area contributed by atoms with Crippen LogP contribution in [0.15, 0.2) is 42.5 Å². The monoisotopic (exact) mass is 419 g/mol. The van der Waals surface area contributed by atoms with Gasteiger partial charge in [-0.05, 0) is 91.2 Å². The van der Waals surface area contributed by atoms with Gasteiger partial charge in [0, 0.05) is 6.54 Å². The van der Waals surface area contributed by atoms with Gasteiger partial charge < -0.3 is 19.5 Å². The van der Waals surface area contributed by atoms with Gasteiger partial charge in [0.1, 0.15) is 5.75 Å². The van der Waals surface area contributed by atoms with E-state index in [1.54, 1.807) is 7.11 Å². The largest absolute Gasteiger partial charge is 0.497 e. The molecule has 0 radical (unpaired) electrons. The summed E-state index contributed by atoms with van der Waals surface area (Å²) >= 11 is 0. The fourth-order valence-corrected chi connectivity index (χ4v) is 7.23. The number of fused-ring (bicyclic) bond motifs is 1. The van der Waals surface area contributed by atoms with Gasteiger partial charge in [-0.25, -0.2) is 0 Å². The van der Waals surface area contributed by atoms with Gasteiger partial charge in [0.15, 0.2) is 11.5 Å². The van der Waals surface area contributed by atoms with Gasteiger partial charge in [-0.1, -0.05) is 18.2 Å². The van der Waals surface area contributed by atoms with Gasteiger partial charge in [0.2, 0.25) is 12.7 Å². The molecule has 4 saturated carbocycles. The summed E-state index contributed by atoms with van der Waals surface area (Å²) in [5, 5.41) is 3.28. The number of rotatable bonds is 5. The van der Waals surface area contributed by atoms with E-state index in [9.17, 15) is 4.79 Å². The van der Waals surface area contributed by atoms with Crippen molar-refractivity contribution >= 4 is 5.91 Å². The molecular formula is C26H29NO4. The first-order chi connectivity index (χ1) is 15.1. The van der Waals surface area contributed by atoms with E-state index in [0.717, 1.165) is 42.1 Å². The number of carbonyl (C=O) groups is 1. The highest BCUT2D eigenvalue weighted by Gasteiger charge is 2.60. The molecule has 4 atom stereocenters. The van der Waals surface area contributed by atoms with Crippen molar-refractivity contribution in [3.8, 4) is 17.2 Å². The van der Waals surface area contributed by atoms with E-state index in [1.165, 1.54) is 24.8 Å². The molecule has 0 aromatic heterocycles. The lowest BCUT2D eigenvalue weighted by Crippen LogP contribution is -2.59. The smallest absolute Gasteiger partial charge is 0.231 e. The molecule has 5 aliphatic rings. The summed E-state index contributed by atoms with van der Waals surface area (Å²) in [6, 6.07) is 14.5. The Kier molecular flexibility index (Phi) is 4.24. The Hall–Kier alpha value is -2.69. The summed E-state index contributed by atoms with van der Waals surface area (Å²) in [7, 11) is 1.71. The second kappa shape index (κ2) is 6.91. The van der Waals surface area contributed by atoms with Gasteiger partial charge in [-0.2, -0.15) is 0 Å². The molecule has 1 amide bonds. The third-order valence-corrected chi connectivity index (χ3v) is 8.14. The summed E-state index contributed by atoms with van der Waals surface area (Å²) in [5.74, 6) is 3.97. The van der Waals surface area contributed by atoms with Gasteiger partial charge in [0.25, 0.3) is 0 Å². The highest BCUT2D eigenvalue weighted by atomic mass is 16.7. The Morgan fingerprint density at radius 3 is 2.52 bits per heavy atom. The third kappa shape index (κ3) is 3.08. The van der Waals surface area contributed by atoms with Crippen LogP contribution in [-0.4, -0.2) is 19.8 Å². The molecule has 1 N–H and O–H groups in total. The van der Waals surface area contributed by atoms with Crippen molar-refractivity contribution in [3.63, 3.8) is 0 Å². The number of amides is 1. The molecule has 4 fully saturated rings. The lowest BCUT2D eigenvalue weighted by molar-refractivity contribution is -0.149. The molecular weight excluding hydrogens is 390 g/mol. The Bertz CT molecular complexity index is 1000. The number of ether oxygens (including phenoxy) is 3. The van der Waals surface area contributed by atoms with Gasteiger partial charge in [-0.3, -0.25) is 4.79 Å². The zero-order valence-electron chi connectivity index (χ0n) is 18.0. The van der Waals surface area contributed by atoms with E-state index in [4.69, 9.17) is 14.2 Å². The molecule has 2 aromatic carbocycles. The van der Waals surface area contributed by atoms with E-state index in [0.29, 0.717) is 18.4 Å². The van der Waals surface area contributed by atoms with Crippen LogP contribution in [0.2, 0.25) is 0 Å². The molecule has 162 valence electrons. The van der Waals surface area contributed by atoms with Crippen molar-refractivity contribution in [1.82, 2.24) is 5.32 Å². The van der Waals surface area contributed by atoms with Crippen molar-refractivity contribution in [2.45, 2.75) is 50.5 Å². The quantitative estimate of drug-likeness (QED) is 0.771. The van der Waals surface area contributed by atoms with Crippen LogP contribution in [0.4, 0.5) is 0 Å². The molecule has 2 aromatic rings. The van der Waals surface area contributed by atoms with Crippen LogP contribution in [0, 0.1) is 17.3 Å². The molecule has 5 nitrogen and oxygen atoms in total. The maximum absolute atomic E-state index is 13.6. The van der Waals surface area contributed by atoms with Crippen LogP contribution >= 0.6 is 0 Å². The summed E-state index contributed by atoms with van der Waals surface area (Å²) < 4.78 is 16.2. The predicted octanol–water partition coefficient (Wildman–Crippen LogP) is 4.58. The third-order valence-electron chi connectivity index (χ3n) is 8.14. The van der Waals surface area contributed by atoms with Crippen LogP contribution in [0.5, 0.6) is 17.2 Å². The Labute approximate surface area is 183 Å². The summed E-state index contributed by atoms with van der Waals surface area (Å²) in [6.45, 7) is 0.798. The van der Waals surface area contributed by atoms with E-state index in [1.807, 2.05) is 18.2 Å². The first-order valence-electron chi connectivity index (χ1n) is 11.4. The number of benzene rings is 2. The second-order valence-electron chi connectivity index (χ2n) is 10.1. The zero-order valence-corrected chi connectivity index (χ0v) is 18.0. The number of carbonyl (C=O) groups excluding carboxylic acids is 1. The van der Waals surface area contributed by atoms with Crippen molar-refractivity contribution in [2.75, 3.05) is 13.9 Å². The number of methoxy groups -OCH3 is 1. The highest BCUT2D eigenvalue weighted by molar-refractivity contribution is 5.83. The first-order valence-corrected chi connectivity index (χ1v) is 11.4. The van der Waals surface area contributed by atoms with Crippen molar-refractivity contribution in [2.24, 2.45) is 17.3 Å². The van der Waals surface area contributed by atoms with Crippen LogP contribution in [0.25, 0.3) is 0 Å². The minimum Gasteiger partial charge on any atom is -0.497 e. The molecule has 4 aliphatic carbocycles. The average molecular weight is 420 g/mol. The Morgan fingerprint density at radius 1 is 1.03 bits per heavy atom. The number of hydrogen-bond donors (Lipinski definition) is 1. The summed E-state index contributed by atoms with van der Waals surface area (Å²) in [4.78, 5) is 13.6. The van der Waals surface area contributed by atoms with Crippen molar-refractivity contribution < 1.29 is 19.0 Å². The van der Waals surface area contributed by atoms with Crippen LogP contribution in [-0.2, 0) is 16.8 Å². The Balaban J connectivity index is 1.23.